The summed E-state index contributed by atoms with van der Waals surface area (Å²) >= 11 is 6.13. The van der Waals surface area contributed by atoms with Gasteiger partial charge in [-0.25, -0.2) is 0 Å². The highest BCUT2D eigenvalue weighted by Crippen LogP contribution is 2.31. The normalized spacial score (nSPS) is 11.7. The highest BCUT2D eigenvalue weighted by atomic mass is 35.5. The molecule has 0 aliphatic rings. The van der Waals surface area contributed by atoms with Gasteiger partial charge in [0.05, 0.1) is 0 Å². The largest absolute Gasteiger partial charge is 0.506 e. The lowest BCUT2D eigenvalue weighted by atomic mass is 10.3. The lowest BCUT2D eigenvalue weighted by Crippen LogP contribution is -2.25. The van der Waals surface area contributed by atoms with E-state index in [1.165, 1.54) is 29.7 Å². The first-order chi connectivity index (χ1) is 16.9. The van der Waals surface area contributed by atoms with Crippen LogP contribution in [0, 0.1) is 0 Å². The number of nitrogens with one attached hydrogen (secondary N) is 1. The van der Waals surface area contributed by atoms with E-state index in [1.54, 1.807) is 30.4 Å². The molecule has 11 nitrogen and oxygen atoms in total. The first-order valence-corrected chi connectivity index (χ1v) is 12.6. The van der Waals surface area contributed by atoms with Crippen molar-refractivity contribution in [1.82, 2.24) is 29.9 Å². The fourth-order valence-corrected chi connectivity index (χ4v) is 3.82. The monoisotopic (exact) mass is 512 g/mol. The number of hydrogen-bond donors (Lipinski definition) is 2. The molecule has 0 saturated heterocycles. The highest BCUT2D eigenvalue weighted by Gasteiger charge is 2.14. The number of nitrogens with zero attached hydrogens (tertiary/aromatic N) is 7. The minimum atomic E-state index is -2.20. The molecular weight excluding hydrogens is 491 g/mol. The summed E-state index contributed by atoms with van der Waals surface area (Å²) in [6.07, 6.45) is 3.46. The first-order valence-electron chi connectivity index (χ1n) is 10.4. The van der Waals surface area contributed by atoms with Gasteiger partial charge in [0.25, 0.3) is 0 Å². The van der Waals surface area contributed by atoms with Crippen LogP contribution in [-0.4, -0.2) is 54.8 Å². The van der Waals surface area contributed by atoms with E-state index in [-0.39, 0.29) is 22.7 Å². The van der Waals surface area contributed by atoms with Gasteiger partial charge < -0.3 is 19.8 Å². The number of fused-ring (bicyclic) bond motifs is 1. The van der Waals surface area contributed by atoms with Crippen LogP contribution in [0.2, 0.25) is 5.28 Å². The Morgan fingerprint density at radius 1 is 1.11 bits per heavy atom. The van der Waals surface area contributed by atoms with Gasteiger partial charge in [0.2, 0.25) is 25.2 Å². The molecule has 2 aromatic heterocycles. The molecule has 35 heavy (non-hydrogen) atoms. The second-order valence-electron chi connectivity index (χ2n) is 7.27. The smallest absolute Gasteiger partial charge is 0.233 e. The van der Waals surface area contributed by atoms with E-state index in [4.69, 9.17) is 16.1 Å². The summed E-state index contributed by atoms with van der Waals surface area (Å²) in [6, 6.07) is 9.77. The van der Waals surface area contributed by atoms with Crippen molar-refractivity contribution in [2.24, 2.45) is 0 Å². The second-order valence-corrected chi connectivity index (χ2v) is 8.80. The molecule has 2 heterocycles. The summed E-state index contributed by atoms with van der Waals surface area (Å²) < 4.78 is 16.7. The number of benzene rings is 2. The molecule has 0 aliphatic heterocycles. The van der Waals surface area contributed by atoms with E-state index >= 15 is 0 Å². The van der Waals surface area contributed by atoms with Gasteiger partial charge in [-0.1, -0.05) is 12.2 Å². The lowest BCUT2D eigenvalue weighted by Gasteiger charge is -2.19. The molecule has 0 amide bonds. The Morgan fingerprint density at radius 3 is 2.57 bits per heavy atom. The van der Waals surface area contributed by atoms with E-state index in [2.05, 4.69) is 43.6 Å². The van der Waals surface area contributed by atoms with Crippen LogP contribution in [0.5, 0.6) is 11.5 Å². The molecule has 0 fully saturated rings. The second kappa shape index (κ2) is 10.5. The van der Waals surface area contributed by atoms with Crippen LogP contribution in [0.15, 0.2) is 61.7 Å². The predicted molar refractivity (Wildman–Crippen MR) is 137 cm³/mol. The Kier molecular flexibility index (Phi) is 7.28. The molecule has 0 saturated carbocycles. The van der Waals surface area contributed by atoms with Crippen LogP contribution >= 0.6 is 19.6 Å². The van der Waals surface area contributed by atoms with E-state index in [9.17, 15) is 9.67 Å². The van der Waals surface area contributed by atoms with Gasteiger partial charge in [-0.05, 0) is 41.9 Å². The van der Waals surface area contributed by atoms with Crippen molar-refractivity contribution in [3.8, 4) is 17.2 Å². The maximum absolute atomic E-state index is 11.4. The molecule has 2 aromatic carbocycles. The van der Waals surface area contributed by atoms with Crippen LogP contribution < -0.4 is 14.7 Å². The summed E-state index contributed by atoms with van der Waals surface area (Å²) in [7, 11) is -2.20. The van der Waals surface area contributed by atoms with Crippen molar-refractivity contribution in [3.63, 3.8) is 0 Å². The lowest BCUT2D eigenvalue weighted by molar-refractivity contribution is 0.464. The number of anilines is 3. The van der Waals surface area contributed by atoms with Crippen molar-refractivity contribution in [2.75, 3.05) is 30.0 Å². The Morgan fingerprint density at radius 2 is 1.86 bits per heavy atom. The number of phenolic OH excluding ortho intramolecular Hbond substituents is 1. The number of aromatic hydroxyl groups is 1. The zero-order valence-electron chi connectivity index (χ0n) is 18.7. The van der Waals surface area contributed by atoms with Gasteiger partial charge in [-0.3, -0.25) is 4.57 Å². The Balaban J connectivity index is 1.63. The molecule has 13 heteroatoms. The fourth-order valence-electron chi connectivity index (χ4n) is 3.21. The molecule has 0 radical (unpaired) electrons. The van der Waals surface area contributed by atoms with Crippen molar-refractivity contribution in [3.05, 3.63) is 67.0 Å². The van der Waals surface area contributed by atoms with E-state index in [0.717, 1.165) is 0 Å². The maximum Gasteiger partial charge on any atom is 0.233 e. The minimum absolute atomic E-state index is 0.0369. The third-order valence-corrected chi connectivity index (χ3v) is 5.33. The Bertz CT molecular complexity index is 1420. The summed E-state index contributed by atoms with van der Waals surface area (Å²) in [5.74, 6) is 0.925. The van der Waals surface area contributed by atoms with Crippen molar-refractivity contribution in [2.45, 2.75) is 0 Å². The maximum atomic E-state index is 11.4. The number of hydrogen-bond acceptors (Lipinski definition) is 10. The standard InChI is InChI=1S/C22H22ClN8O3P/c1-4-10-30(11-5-2)22-26-20(23)25-21(27-22)24-14-6-8-16-17(12-14)29-31(28-16)18-13-15(34-35(3)33)7-9-19(18)32/h4-9,12-13,32,35H,1-2,10-11H2,3H3,(H,24,25,26,27). The topological polar surface area (TPSA) is 131 Å². The van der Waals surface area contributed by atoms with Crippen LogP contribution in [0.1, 0.15) is 0 Å². The van der Waals surface area contributed by atoms with Gasteiger partial charge in [-0.2, -0.15) is 15.0 Å². The van der Waals surface area contributed by atoms with E-state index in [1.807, 2.05) is 4.90 Å². The minimum Gasteiger partial charge on any atom is -0.506 e. The SMILES string of the molecule is C=CCN(CC=C)c1nc(Cl)nc(Nc2ccc3nn(-c4cc(O[PH](C)=O)ccc4O)nc3c2)n1. The molecule has 0 spiro atoms. The Hall–Kier alpha value is -3.95. The third kappa shape index (κ3) is 5.76. The highest BCUT2D eigenvalue weighted by molar-refractivity contribution is 7.38. The quantitative estimate of drug-likeness (QED) is 0.233. The average Bonchev–Trinajstić information content (AvgIpc) is 3.22. The molecule has 4 rings (SSSR count). The van der Waals surface area contributed by atoms with Gasteiger partial charge >= 0.3 is 0 Å². The van der Waals surface area contributed by atoms with Crippen molar-refractivity contribution in [1.29, 1.82) is 0 Å². The molecule has 1 unspecified atom stereocenters. The zero-order valence-corrected chi connectivity index (χ0v) is 20.5. The number of halogens is 1. The van der Waals surface area contributed by atoms with Gasteiger partial charge in [-0.15, -0.1) is 28.2 Å². The first kappa shape index (κ1) is 24.2. The van der Waals surface area contributed by atoms with E-state index < -0.39 is 8.03 Å². The average molecular weight is 513 g/mol. The number of aromatic nitrogens is 6. The summed E-state index contributed by atoms with van der Waals surface area (Å²) in [6.45, 7) is 10.00. The predicted octanol–water partition coefficient (Wildman–Crippen LogP) is 4.37. The molecule has 0 bridgehead atoms. The van der Waals surface area contributed by atoms with Gasteiger partial charge in [0, 0.05) is 31.5 Å². The molecule has 2 N–H and O–H groups in total. The molecule has 180 valence electrons. The zero-order chi connectivity index (χ0) is 24.9. The van der Waals surface area contributed by atoms with Crippen LogP contribution in [-0.2, 0) is 4.57 Å². The summed E-state index contributed by atoms with van der Waals surface area (Å²) in [4.78, 5) is 15.9. The number of rotatable bonds is 10. The van der Waals surface area contributed by atoms with Crippen molar-refractivity contribution < 1.29 is 14.2 Å². The van der Waals surface area contributed by atoms with E-state index in [0.29, 0.717) is 41.5 Å². The van der Waals surface area contributed by atoms with Crippen LogP contribution in [0.4, 0.5) is 17.6 Å². The molecular formula is C22H22ClN8O3P. The third-order valence-electron chi connectivity index (χ3n) is 4.64. The molecule has 1 atom stereocenters. The van der Waals surface area contributed by atoms with Crippen molar-refractivity contribution >= 4 is 48.2 Å². The van der Waals surface area contributed by atoms with Crippen LogP contribution in [0.25, 0.3) is 16.7 Å². The fraction of sp³-hybridized carbons (Fsp3) is 0.136. The summed E-state index contributed by atoms with van der Waals surface area (Å²) in [5.41, 5.74) is 2.06. The Labute approximate surface area is 206 Å². The van der Waals surface area contributed by atoms with Gasteiger partial charge in [0.1, 0.15) is 28.2 Å². The number of phenols is 1. The van der Waals surface area contributed by atoms with Crippen LogP contribution in [0.3, 0.4) is 0 Å². The molecule has 4 aromatic rings. The molecule has 0 aliphatic carbocycles. The summed E-state index contributed by atoms with van der Waals surface area (Å²) in [5, 5.41) is 22.3. The van der Waals surface area contributed by atoms with Gasteiger partial charge in [0.15, 0.2) is 0 Å².